The first-order chi connectivity index (χ1) is 6.93. The van der Waals surface area contributed by atoms with Crippen molar-refractivity contribution in [3.63, 3.8) is 0 Å². The lowest BCUT2D eigenvalue weighted by Gasteiger charge is -2.37. The largest absolute Gasteiger partial charge is 0.328 e. The van der Waals surface area contributed by atoms with Crippen molar-refractivity contribution in [2.24, 2.45) is 23.0 Å². The van der Waals surface area contributed by atoms with E-state index in [1.807, 2.05) is 0 Å². The van der Waals surface area contributed by atoms with Crippen LogP contribution in [0, 0.1) is 17.3 Å². The van der Waals surface area contributed by atoms with Crippen LogP contribution >= 0.6 is 0 Å². The molecule has 1 saturated carbocycles. The predicted molar refractivity (Wildman–Crippen MR) is 67.8 cm³/mol. The van der Waals surface area contributed by atoms with Crippen LogP contribution in [0.5, 0.6) is 0 Å². The van der Waals surface area contributed by atoms with Crippen LogP contribution in [0.1, 0.15) is 66.2 Å². The smallest absolute Gasteiger partial charge is 0.00388 e. The quantitative estimate of drug-likeness (QED) is 0.751. The molecule has 0 aromatic rings. The fraction of sp³-hybridized carbons (Fsp3) is 1.00. The monoisotopic (exact) mass is 211 g/mol. The van der Waals surface area contributed by atoms with Crippen molar-refractivity contribution in [1.29, 1.82) is 0 Å². The van der Waals surface area contributed by atoms with Crippen LogP contribution in [0.2, 0.25) is 0 Å². The summed E-state index contributed by atoms with van der Waals surface area (Å²) < 4.78 is 0. The van der Waals surface area contributed by atoms with E-state index in [1.165, 1.54) is 32.1 Å². The maximum absolute atomic E-state index is 6.02. The number of hydrogen-bond acceptors (Lipinski definition) is 1. The highest BCUT2D eigenvalue weighted by atomic mass is 14.6. The Morgan fingerprint density at radius 1 is 1.13 bits per heavy atom. The van der Waals surface area contributed by atoms with E-state index in [4.69, 9.17) is 5.73 Å². The minimum absolute atomic E-state index is 0.446. The van der Waals surface area contributed by atoms with Gasteiger partial charge in [0.15, 0.2) is 0 Å². The van der Waals surface area contributed by atoms with Gasteiger partial charge in [-0.1, -0.05) is 40.5 Å². The molecule has 90 valence electrons. The Morgan fingerprint density at radius 3 is 2.07 bits per heavy atom. The van der Waals surface area contributed by atoms with Crippen LogP contribution in [-0.4, -0.2) is 6.04 Å². The van der Waals surface area contributed by atoms with Crippen molar-refractivity contribution in [3.05, 3.63) is 0 Å². The second-order valence-electron chi connectivity index (χ2n) is 6.49. The molecule has 0 aliphatic heterocycles. The maximum Gasteiger partial charge on any atom is 0.00388 e. The van der Waals surface area contributed by atoms with Crippen molar-refractivity contribution >= 4 is 0 Å². The number of hydrogen-bond donors (Lipinski definition) is 1. The third-order valence-electron chi connectivity index (χ3n) is 4.23. The van der Waals surface area contributed by atoms with Gasteiger partial charge in [-0.05, 0) is 42.9 Å². The summed E-state index contributed by atoms with van der Waals surface area (Å²) >= 11 is 0. The highest BCUT2D eigenvalue weighted by molar-refractivity contribution is 4.81. The number of rotatable bonds is 3. The predicted octanol–water partition coefficient (Wildman–Crippen LogP) is 3.97. The van der Waals surface area contributed by atoms with Crippen LogP contribution in [0.3, 0.4) is 0 Å². The van der Waals surface area contributed by atoms with Gasteiger partial charge in [0.05, 0.1) is 0 Å². The molecule has 1 aliphatic rings. The van der Waals surface area contributed by atoms with Gasteiger partial charge in [-0.25, -0.2) is 0 Å². The lowest BCUT2D eigenvalue weighted by atomic mass is 9.69. The second kappa shape index (κ2) is 5.34. The SMILES string of the molecule is CCC(N)CC1CCC(C(C)(C)C)CC1. The van der Waals surface area contributed by atoms with Gasteiger partial charge >= 0.3 is 0 Å². The van der Waals surface area contributed by atoms with E-state index in [-0.39, 0.29) is 0 Å². The van der Waals surface area contributed by atoms with E-state index in [9.17, 15) is 0 Å². The summed E-state index contributed by atoms with van der Waals surface area (Å²) in [4.78, 5) is 0. The highest BCUT2D eigenvalue weighted by Crippen LogP contribution is 2.40. The molecule has 0 heterocycles. The zero-order valence-corrected chi connectivity index (χ0v) is 11.1. The van der Waals surface area contributed by atoms with E-state index < -0.39 is 0 Å². The zero-order valence-electron chi connectivity index (χ0n) is 11.1. The molecule has 1 nitrogen and oxygen atoms in total. The van der Waals surface area contributed by atoms with Gasteiger partial charge < -0.3 is 5.73 Å². The summed E-state index contributed by atoms with van der Waals surface area (Å²) in [7, 11) is 0. The molecule has 1 atom stereocenters. The van der Waals surface area contributed by atoms with Gasteiger partial charge in [0.1, 0.15) is 0 Å². The van der Waals surface area contributed by atoms with Gasteiger partial charge in [-0.3, -0.25) is 0 Å². The molecule has 0 saturated heterocycles. The van der Waals surface area contributed by atoms with Crippen LogP contribution in [0.4, 0.5) is 0 Å². The Kier molecular flexibility index (Phi) is 4.64. The highest BCUT2D eigenvalue weighted by Gasteiger charge is 2.29. The summed E-state index contributed by atoms with van der Waals surface area (Å²) in [5.41, 5.74) is 6.54. The third-order valence-corrected chi connectivity index (χ3v) is 4.23. The Morgan fingerprint density at radius 2 is 1.67 bits per heavy atom. The normalized spacial score (nSPS) is 30.2. The molecule has 1 fully saturated rings. The van der Waals surface area contributed by atoms with Crippen LogP contribution in [0.25, 0.3) is 0 Å². The first-order valence-electron chi connectivity index (χ1n) is 6.69. The van der Waals surface area contributed by atoms with Crippen LogP contribution in [-0.2, 0) is 0 Å². The maximum atomic E-state index is 6.02. The molecule has 0 amide bonds. The van der Waals surface area contributed by atoms with Crippen molar-refractivity contribution in [2.75, 3.05) is 0 Å². The van der Waals surface area contributed by atoms with Gasteiger partial charge in [0.25, 0.3) is 0 Å². The van der Waals surface area contributed by atoms with E-state index >= 15 is 0 Å². The van der Waals surface area contributed by atoms with Crippen molar-refractivity contribution in [3.8, 4) is 0 Å². The molecule has 2 N–H and O–H groups in total. The molecule has 0 bridgehead atoms. The van der Waals surface area contributed by atoms with Crippen LogP contribution in [0.15, 0.2) is 0 Å². The second-order valence-corrected chi connectivity index (χ2v) is 6.49. The summed E-state index contributed by atoms with van der Waals surface area (Å²) in [5.74, 6) is 1.85. The molecule has 1 unspecified atom stereocenters. The first-order valence-corrected chi connectivity index (χ1v) is 6.69. The minimum atomic E-state index is 0.446. The topological polar surface area (TPSA) is 26.0 Å². The Hall–Kier alpha value is -0.0400. The van der Waals surface area contributed by atoms with Gasteiger partial charge in [-0.15, -0.1) is 0 Å². The molecule has 15 heavy (non-hydrogen) atoms. The number of nitrogens with two attached hydrogens (primary N) is 1. The molecule has 1 heteroatoms. The average molecular weight is 211 g/mol. The Labute approximate surface area is 95.8 Å². The lowest BCUT2D eigenvalue weighted by molar-refractivity contribution is 0.143. The summed E-state index contributed by atoms with van der Waals surface area (Å²) in [6.07, 6.45) is 8.06. The fourth-order valence-corrected chi connectivity index (χ4v) is 2.86. The average Bonchev–Trinajstić information content (AvgIpc) is 2.17. The van der Waals surface area contributed by atoms with Crippen molar-refractivity contribution in [1.82, 2.24) is 0 Å². The molecular weight excluding hydrogens is 182 g/mol. The fourth-order valence-electron chi connectivity index (χ4n) is 2.86. The van der Waals surface area contributed by atoms with Crippen LogP contribution < -0.4 is 5.73 Å². The van der Waals surface area contributed by atoms with E-state index in [2.05, 4.69) is 27.7 Å². The van der Waals surface area contributed by atoms with Gasteiger partial charge in [0, 0.05) is 6.04 Å². The Balaban J connectivity index is 2.30. The van der Waals surface area contributed by atoms with Gasteiger partial charge in [0.2, 0.25) is 0 Å². The third kappa shape index (κ3) is 4.14. The molecule has 1 aliphatic carbocycles. The molecule has 0 aromatic heterocycles. The standard InChI is InChI=1S/C14H29N/c1-5-13(15)10-11-6-8-12(9-7-11)14(2,3)4/h11-13H,5-10,15H2,1-4H3. The molecular formula is C14H29N. The summed E-state index contributed by atoms with van der Waals surface area (Å²) in [6.45, 7) is 9.35. The van der Waals surface area contributed by atoms with E-state index in [0.717, 1.165) is 18.3 Å². The Bertz CT molecular complexity index is 172. The van der Waals surface area contributed by atoms with Gasteiger partial charge in [-0.2, -0.15) is 0 Å². The lowest BCUT2D eigenvalue weighted by Crippen LogP contribution is -2.29. The summed E-state index contributed by atoms with van der Waals surface area (Å²) in [6, 6.07) is 0.446. The molecule has 0 radical (unpaired) electrons. The first kappa shape index (κ1) is 13.0. The zero-order chi connectivity index (χ0) is 11.5. The molecule has 0 spiro atoms. The molecule has 0 aromatic carbocycles. The van der Waals surface area contributed by atoms with Crippen molar-refractivity contribution in [2.45, 2.75) is 72.3 Å². The van der Waals surface area contributed by atoms with E-state index in [1.54, 1.807) is 0 Å². The van der Waals surface area contributed by atoms with E-state index in [0.29, 0.717) is 11.5 Å². The minimum Gasteiger partial charge on any atom is -0.328 e. The summed E-state index contributed by atoms with van der Waals surface area (Å²) in [5, 5.41) is 0. The van der Waals surface area contributed by atoms with Crippen molar-refractivity contribution < 1.29 is 0 Å². The molecule has 1 rings (SSSR count).